The van der Waals surface area contributed by atoms with Crippen molar-refractivity contribution < 1.29 is 9.53 Å². The molecule has 0 bridgehead atoms. The largest absolute Gasteiger partial charge is 0.458 e. The Morgan fingerprint density at radius 1 is 1.56 bits per heavy atom. The molecule has 0 spiro atoms. The molecule has 0 saturated heterocycles. The van der Waals surface area contributed by atoms with Crippen molar-refractivity contribution in [3.05, 3.63) is 0 Å². The van der Waals surface area contributed by atoms with Crippen LogP contribution >= 0.6 is 11.8 Å². The number of ether oxygens (including phenoxy) is 1. The minimum absolute atomic E-state index is 0.189. The molecule has 1 rings (SSSR count). The highest BCUT2D eigenvalue weighted by Gasteiger charge is 2.32. The molecule has 0 aromatic carbocycles. The Kier molecular flexibility index (Phi) is 4.42. The first-order chi connectivity index (χ1) is 7.33. The Hall–Kier alpha value is -0.510. The SMILES string of the molecule is CCSC1=N[C@H](C(=O)OC(C)(C)C)C[C@H]1C. The molecule has 0 amide bonds. The minimum atomic E-state index is -0.420. The van der Waals surface area contributed by atoms with E-state index in [0.29, 0.717) is 5.92 Å². The van der Waals surface area contributed by atoms with E-state index in [1.807, 2.05) is 20.8 Å². The van der Waals surface area contributed by atoms with Crippen LogP contribution in [0, 0.1) is 5.92 Å². The summed E-state index contributed by atoms with van der Waals surface area (Å²) in [5.74, 6) is 1.21. The average molecular weight is 243 g/mol. The van der Waals surface area contributed by atoms with Crippen LogP contribution in [0.25, 0.3) is 0 Å². The Labute approximate surface area is 102 Å². The van der Waals surface area contributed by atoms with Crippen LogP contribution in [0.4, 0.5) is 0 Å². The highest BCUT2D eigenvalue weighted by molar-refractivity contribution is 8.13. The number of esters is 1. The van der Waals surface area contributed by atoms with Crippen LogP contribution in [-0.4, -0.2) is 28.4 Å². The zero-order valence-corrected chi connectivity index (χ0v) is 11.6. The maximum Gasteiger partial charge on any atom is 0.331 e. The van der Waals surface area contributed by atoms with Crippen LogP contribution in [-0.2, 0) is 9.53 Å². The third-order valence-electron chi connectivity index (χ3n) is 2.25. The number of hydrogen-bond acceptors (Lipinski definition) is 4. The normalized spacial score (nSPS) is 25.4. The molecule has 16 heavy (non-hydrogen) atoms. The van der Waals surface area contributed by atoms with E-state index in [1.165, 1.54) is 0 Å². The Bertz CT molecular complexity index is 294. The molecule has 3 nitrogen and oxygen atoms in total. The van der Waals surface area contributed by atoms with E-state index in [2.05, 4.69) is 18.8 Å². The number of nitrogens with zero attached hydrogens (tertiary/aromatic N) is 1. The van der Waals surface area contributed by atoms with Crippen LogP contribution in [0.2, 0.25) is 0 Å². The van der Waals surface area contributed by atoms with Gasteiger partial charge >= 0.3 is 5.97 Å². The van der Waals surface area contributed by atoms with Crippen LogP contribution < -0.4 is 0 Å². The summed E-state index contributed by atoms with van der Waals surface area (Å²) in [7, 11) is 0. The molecule has 1 aliphatic rings. The number of thioether (sulfide) groups is 1. The van der Waals surface area contributed by atoms with E-state index in [0.717, 1.165) is 17.2 Å². The molecule has 1 aliphatic heterocycles. The van der Waals surface area contributed by atoms with Gasteiger partial charge in [0.25, 0.3) is 0 Å². The lowest BCUT2D eigenvalue weighted by molar-refractivity contribution is -0.156. The first-order valence-electron chi connectivity index (χ1n) is 5.77. The molecular weight excluding hydrogens is 222 g/mol. The summed E-state index contributed by atoms with van der Waals surface area (Å²) >= 11 is 1.73. The zero-order valence-electron chi connectivity index (χ0n) is 10.7. The standard InChI is InChI=1S/C12H21NO2S/c1-6-16-10-8(2)7-9(13-10)11(14)15-12(3,4)5/h8-9H,6-7H2,1-5H3/t8-,9+/m1/s1. The van der Waals surface area contributed by atoms with Gasteiger partial charge in [-0.1, -0.05) is 13.8 Å². The van der Waals surface area contributed by atoms with Gasteiger partial charge < -0.3 is 4.74 Å². The summed E-state index contributed by atoms with van der Waals surface area (Å²) in [6.07, 6.45) is 0.789. The van der Waals surface area contributed by atoms with Crippen LogP contribution in [0.3, 0.4) is 0 Å². The molecule has 2 atom stereocenters. The fourth-order valence-electron chi connectivity index (χ4n) is 1.62. The summed E-state index contributed by atoms with van der Waals surface area (Å²) in [6.45, 7) is 9.87. The second-order valence-electron chi connectivity index (χ2n) is 5.09. The van der Waals surface area contributed by atoms with Crippen molar-refractivity contribution in [1.82, 2.24) is 0 Å². The second kappa shape index (κ2) is 5.21. The van der Waals surface area contributed by atoms with Gasteiger partial charge in [-0.05, 0) is 32.9 Å². The van der Waals surface area contributed by atoms with Crippen LogP contribution in [0.5, 0.6) is 0 Å². The van der Waals surface area contributed by atoms with Gasteiger partial charge in [0.1, 0.15) is 11.6 Å². The molecule has 0 unspecified atom stereocenters. The fourth-order valence-corrected chi connectivity index (χ4v) is 2.49. The Morgan fingerprint density at radius 3 is 2.69 bits per heavy atom. The quantitative estimate of drug-likeness (QED) is 0.700. The second-order valence-corrected chi connectivity index (χ2v) is 6.37. The summed E-state index contributed by atoms with van der Waals surface area (Å²) in [4.78, 5) is 16.3. The van der Waals surface area contributed by atoms with Crippen molar-refractivity contribution in [3.63, 3.8) is 0 Å². The van der Waals surface area contributed by atoms with Crippen molar-refractivity contribution in [2.45, 2.75) is 52.7 Å². The molecular formula is C12H21NO2S. The third-order valence-corrected chi connectivity index (χ3v) is 3.34. The van der Waals surface area contributed by atoms with Gasteiger partial charge in [0, 0.05) is 5.92 Å². The molecule has 0 saturated carbocycles. The summed E-state index contributed by atoms with van der Waals surface area (Å²) in [5, 5.41) is 1.10. The van der Waals surface area contributed by atoms with E-state index >= 15 is 0 Å². The maximum absolute atomic E-state index is 11.8. The molecule has 0 aliphatic carbocycles. The first kappa shape index (κ1) is 13.6. The molecule has 0 aromatic heterocycles. The molecule has 4 heteroatoms. The molecule has 92 valence electrons. The molecule has 0 aromatic rings. The topological polar surface area (TPSA) is 38.7 Å². The van der Waals surface area contributed by atoms with Gasteiger partial charge in [-0.25, -0.2) is 4.79 Å². The van der Waals surface area contributed by atoms with E-state index in [1.54, 1.807) is 11.8 Å². The van der Waals surface area contributed by atoms with Crippen molar-refractivity contribution in [2.75, 3.05) is 5.75 Å². The number of aliphatic imine (C=N–C) groups is 1. The maximum atomic E-state index is 11.8. The highest BCUT2D eigenvalue weighted by atomic mass is 32.2. The van der Waals surface area contributed by atoms with Gasteiger partial charge in [-0.15, -0.1) is 11.8 Å². The summed E-state index contributed by atoms with van der Waals surface area (Å²) in [5.41, 5.74) is -0.420. The Morgan fingerprint density at radius 2 is 2.19 bits per heavy atom. The van der Waals surface area contributed by atoms with Crippen molar-refractivity contribution >= 4 is 22.8 Å². The average Bonchev–Trinajstić information content (AvgIpc) is 2.46. The number of carbonyl (C=O) groups is 1. The van der Waals surface area contributed by atoms with E-state index < -0.39 is 5.60 Å². The molecule has 1 heterocycles. The van der Waals surface area contributed by atoms with Gasteiger partial charge in [-0.3, -0.25) is 4.99 Å². The van der Waals surface area contributed by atoms with Crippen LogP contribution in [0.15, 0.2) is 4.99 Å². The lowest BCUT2D eigenvalue weighted by Crippen LogP contribution is -2.30. The number of hydrogen-bond donors (Lipinski definition) is 0. The summed E-state index contributed by atoms with van der Waals surface area (Å²) < 4.78 is 5.34. The molecule has 0 fully saturated rings. The van der Waals surface area contributed by atoms with E-state index in [4.69, 9.17) is 4.74 Å². The van der Waals surface area contributed by atoms with Crippen LogP contribution in [0.1, 0.15) is 41.0 Å². The predicted molar refractivity (Wildman–Crippen MR) is 69.0 cm³/mol. The number of rotatable bonds is 2. The monoisotopic (exact) mass is 243 g/mol. The summed E-state index contributed by atoms with van der Waals surface area (Å²) in [6, 6.07) is -0.289. The van der Waals surface area contributed by atoms with Gasteiger partial charge in [0.05, 0.1) is 5.04 Å². The third kappa shape index (κ3) is 3.81. The first-order valence-corrected chi connectivity index (χ1v) is 6.75. The Balaban J connectivity index is 2.60. The van der Waals surface area contributed by atoms with E-state index in [-0.39, 0.29) is 12.0 Å². The van der Waals surface area contributed by atoms with Crippen molar-refractivity contribution in [2.24, 2.45) is 10.9 Å². The van der Waals surface area contributed by atoms with Gasteiger partial charge in [0.15, 0.2) is 0 Å². The van der Waals surface area contributed by atoms with E-state index in [9.17, 15) is 4.79 Å². The van der Waals surface area contributed by atoms with Gasteiger partial charge in [-0.2, -0.15) is 0 Å². The van der Waals surface area contributed by atoms with Crippen molar-refractivity contribution in [1.29, 1.82) is 0 Å². The number of carbonyl (C=O) groups excluding carboxylic acids is 1. The molecule has 0 N–H and O–H groups in total. The highest BCUT2D eigenvalue weighted by Crippen LogP contribution is 2.28. The lowest BCUT2D eigenvalue weighted by Gasteiger charge is -2.21. The lowest BCUT2D eigenvalue weighted by atomic mass is 10.1. The van der Waals surface area contributed by atoms with Crippen molar-refractivity contribution in [3.8, 4) is 0 Å². The smallest absolute Gasteiger partial charge is 0.331 e. The van der Waals surface area contributed by atoms with Gasteiger partial charge in [0.2, 0.25) is 0 Å². The fraction of sp³-hybridized carbons (Fsp3) is 0.833. The zero-order chi connectivity index (χ0) is 12.3. The predicted octanol–water partition coefficient (Wildman–Crippen LogP) is 2.89. The molecule has 0 radical (unpaired) electrons. The minimum Gasteiger partial charge on any atom is -0.458 e.